The molecule has 1 saturated heterocycles. The molecule has 2 fully saturated rings. The maximum Gasteiger partial charge on any atom is 0.0124 e. The molecule has 94 valence electrons. The topological polar surface area (TPSA) is 15.3 Å². The Morgan fingerprint density at radius 2 is 1.81 bits per heavy atom. The number of hydrogen-bond donors (Lipinski definition) is 1. The highest BCUT2D eigenvalue weighted by molar-refractivity contribution is 4.86. The van der Waals surface area contributed by atoms with Gasteiger partial charge in [-0.2, -0.15) is 0 Å². The highest BCUT2D eigenvalue weighted by atomic mass is 15.2. The first-order valence-corrected chi connectivity index (χ1v) is 7.16. The monoisotopic (exact) mass is 224 g/mol. The van der Waals surface area contributed by atoms with Crippen LogP contribution >= 0.6 is 0 Å². The van der Waals surface area contributed by atoms with Crippen molar-refractivity contribution in [1.82, 2.24) is 10.2 Å². The standard InChI is InChI=1S/C14H28N2/c1-11-5-4-6-14(13(11)3)16-9-7-12(2)15-8-10-16/h11-15H,4-10H2,1-3H3. The van der Waals surface area contributed by atoms with Gasteiger partial charge in [0.25, 0.3) is 0 Å². The first-order valence-electron chi connectivity index (χ1n) is 7.16. The third-order valence-electron chi connectivity index (χ3n) is 4.87. The van der Waals surface area contributed by atoms with Crippen LogP contribution in [-0.4, -0.2) is 36.6 Å². The fourth-order valence-corrected chi connectivity index (χ4v) is 3.43. The molecule has 0 aromatic heterocycles. The van der Waals surface area contributed by atoms with Gasteiger partial charge in [-0.1, -0.05) is 26.7 Å². The van der Waals surface area contributed by atoms with Crippen molar-refractivity contribution >= 4 is 0 Å². The minimum Gasteiger partial charge on any atom is -0.313 e. The van der Waals surface area contributed by atoms with Gasteiger partial charge in [-0.15, -0.1) is 0 Å². The lowest BCUT2D eigenvalue weighted by Crippen LogP contribution is -2.45. The summed E-state index contributed by atoms with van der Waals surface area (Å²) < 4.78 is 0. The third-order valence-corrected chi connectivity index (χ3v) is 4.87. The van der Waals surface area contributed by atoms with Gasteiger partial charge in [0, 0.05) is 25.2 Å². The van der Waals surface area contributed by atoms with Gasteiger partial charge in [0.1, 0.15) is 0 Å². The molecule has 1 N–H and O–H groups in total. The Bertz CT molecular complexity index is 217. The zero-order valence-electron chi connectivity index (χ0n) is 11.2. The molecule has 0 bridgehead atoms. The zero-order chi connectivity index (χ0) is 11.5. The molecule has 0 amide bonds. The second-order valence-electron chi connectivity index (χ2n) is 6.01. The second-order valence-corrected chi connectivity index (χ2v) is 6.01. The van der Waals surface area contributed by atoms with Crippen LogP contribution in [-0.2, 0) is 0 Å². The minimum atomic E-state index is 0.710. The summed E-state index contributed by atoms with van der Waals surface area (Å²) in [6.07, 6.45) is 5.63. The first kappa shape index (κ1) is 12.4. The van der Waals surface area contributed by atoms with Gasteiger partial charge >= 0.3 is 0 Å². The van der Waals surface area contributed by atoms with Gasteiger partial charge in [0.05, 0.1) is 0 Å². The fraction of sp³-hybridized carbons (Fsp3) is 1.00. The van der Waals surface area contributed by atoms with Crippen LogP contribution in [0.5, 0.6) is 0 Å². The second kappa shape index (κ2) is 5.50. The van der Waals surface area contributed by atoms with Crippen LogP contribution in [0.2, 0.25) is 0 Å². The normalized spacial score (nSPS) is 42.9. The molecular formula is C14H28N2. The van der Waals surface area contributed by atoms with E-state index in [2.05, 4.69) is 31.0 Å². The molecular weight excluding hydrogens is 196 g/mol. The highest BCUT2D eigenvalue weighted by Gasteiger charge is 2.31. The number of nitrogens with zero attached hydrogens (tertiary/aromatic N) is 1. The summed E-state index contributed by atoms with van der Waals surface area (Å²) in [4.78, 5) is 2.76. The van der Waals surface area contributed by atoms with Crippen molar-refractivity contribution in [3.8, 4) is 0 Å². The van der Waals surface area contributed by atoms with Crippen molar-refractivity contribution in [2.75, 3.05) is 19.6 Å². The van der Waals surface area contributed by atoms with Crippen LogP contribution in [0.25, 0.3) is 0 Å². The van der Waals surface area contributed by atoms with Crippen LogP contribution in [0.15, 0.2) is 0 Å². The smallest absolute Gasteiger partial charge is 0.0124 e. The van der Waals surface area contributed by atoms with Crippen molar-refractivity contribution < 1.29 is 0 Å². The van der Waals surface area contributed by atoms with Crippen LogP contribution < -0.4 is 5.32 Å². The maximum atomic E-state index is 3.60. The molecule has 2 aliphatic rings. The summed E-state index contributed by atoms with van der Waals surface area (Å²) in [5.41, 5.74) is 0. The minimum absolute atomic E-state index is 0.710. The van der Waals surface area contributed by atoms with Crippen LogP contribution in [0.1, 0.15) is 46.5 Å². The summed E-state index contributed by atoms with van der Waals surface area (Å²) in [6, 6.07) is 1.57. The third kappa shape index (κ3) is 2.78. The number of rotatable bonds is 1. The Morgan fingerprint density at radius 3 is 2.62 bits per heavy atom. The Morgan fingerprint density at radius 1 is 1.00 bits per heavy atom. The molecule has 16 heavy (non-hydrogen) atoms. The average Bonchev–Trinajstić information content (AvgIpc) is 2.47. The highest BCUT2D eigenvalue weighted by Crippen LogP contribution is 2.33. The summed E-state index contributed by atoms with van der Waals surface area (Å²) in [5.74, 6) is 1.81. The molecule has 0 aromatic rings. The zero-order valence-corrected chi connectivity index (χ0v) is 11.2. The molecule has 2 rings (SSSR count). The molecule has 4 atom stereocenters. The fourth-order valence-electron chi connectivity index (χ4n) is 3.43. The predicted molar refractivity (Wildman–Crippen MR) is 69.6 cm³/mol. The van der Waals surface area contributed by atoms with Gasteiger partial charge in [0.2, 0.25) is 0 Å². The van der Waals surface area contributed by atoms with E-state index in [4.69, 9.17) is 0 Å². The van der Waals surface area contributed by atoms with E-state index in [1.807, 2.05) is 0 Å². The lowest BCUT2D eigenvalue weighted by molar-refractivity contribution is 0.0861. The molecule has 2 nitrogen and oxygen atoms in total. The number of hydrogen-bond acceptors (Lipinski definition) is 2. The van der Waals surface area contributed by atoms with Crippen LogP contribution in [0.3, 0.4) is 0 Å². The number of nitrogens with one attached hydrogen (secondary N) is 1. The van der Waals surface area contributed by atoms with Crippen molar-refractivity contribution in [3.05, 3.63) is 0 Å². The van der Waals surface area contributed by atoms with Crippen molar-refractivity contribution in [2.24, 2.45) is 11.8 Å². The van der Waals surface area contributed by atoms with E-state index < -0.39 is 0 Å². The summed E-state index contributed by atoms with van der Waals surface area (Å²) in [5, 5.41) is 3.60. The van der Waals surface area contributed by atoms with Gasteiger partial charge in [0.15, 0.2) is 0 Å². The van der Waals surface area contributed by atoms with Gasteiger partial charge in [-0.05, 0) is 38.1 Å². The van der Waals surface area contributed by atoms with Crippen molar-refractivity contribution in [1.29, 1.82) is 0 Å². The molecule has 2 heteroatoms. The van der Waals surface area contributed by atoms with E-state index in [0.717, 1.165) is 17.9 Å². The summed E-state index contributed by atoms with van der Waals surface area (Å²) in [7, 11) is 0. The van der Waals surface area contributed by atoms with E-state index in [1.54, 1.807) is 0 Å². The van der Waals surface area contributed by atoms with Crippen LogP contribution in [0.4, 0.5) is 0 Å². The quantitative estimate of drug-likeness (QED) is 0.736. The van der Waals surface area contributed by atoms with E-state index in [9.17, 15) is 0 Å². The Labute approximate surface area is 101 Å². The summed E-state index contributed by atoms with van der Waals surface area (Å²) >= 11 is 0. The van der Waals surface area contributed by atoms with E-state index >= 15 is 0 Å². The molecule has 1 aliphatic carbocycles. The first-order chi connectivity index (χ1) is 7.68. The predicted octanol–water partition coefficient (Wildman–Crippen LogP) is 2.49. The Balaban J connectivity index is 1.94. The largest absolute Gasteiger partial charge is 0.313 e. The average molecular weight is 224 g/mol. The molecule has 0 radical (unpaired) electrons. The van der Waals surface area contributed by atoms with E-state index in [0.29, 0.717) is 6.04 Å². The Kier molecular flexibility index (Phi) is 4.26. The Hall–Kier alpha value is -0.0800. The summed E-state index contributed by atoms with van der Waals surface area (Å²) in [6.45, 7) is 11.0. The molecule has 1 aliphatic heterocycles. The van der Waals surface area contributed by atoms with Gasteiger partial charge in [-0.25, -0.2) is 0 Å². The van der Waals surface area contributed by atoms with E-state index in [1.165, 1.54) is 45.3 Å². The van der Waals surface area contributed by atoms with Gasteiger partial charge < -0.3 is 5.32 Å². The van der Waals surface area contributed by atoms with E-state index in [-0.39, 0.29) is 0 Å². The lowest BCUT2D eigenvalue weighted by atomic mass is 9.77. The lowest BCUT2D eigenvalue weighted by Gasteiger charge is -2.41. The van der Waals surface area contributed by atoms with Crippen molar-refractivity contribution in [2.45, 2.75) is 58.5 Å². The van der Waals surface area contributed by atoms with Crippen molar-refractivity contribution in [3.63, 3.8) is 0 Å². The SMILES string of the molecule is CC1CCN(C2CCCC(C)C2C)CCN1. The maximum absolute atomic E-state index is 3.60. The van der Waals surface area contributed by atoms with Crippen LogP contribution in [0, 0.1) is 11.8 Å². The molecule has 1 saturated carbocycles. The molecule has 0 aromatic carbocycles. The molecule has 1 heterocycles. The van der Waals surface area contributed by atoms with Gasteiger partial charge in [-0.3, -0.25) is 4.90 Å². The molecule has 0 spiro atoms. The molecule has 4 unspecified atom stereocenters.